The van der Waals surface area contributed by atoms with Crippen LogP contribution in [0.25, 0.3) is 0 Å². The number of rotatable bonds is 1. The van der Waals surface area contributed by atoms with E-state index >= 15 is 0 Å². The molecule has 0 saturated carbocycles. The Hall–Kier alpha value is -0.810. The van der Waals surface area contributed by atoms with Crippen LogP contribution in [-0.2, 0) is 13.1 Å². The van der Waals surface area contributed by atoms with Gasteiger partial charge in [0.15, 0.2) is 0 Å². The van der Waals surface area contributed by atoms with Crippen molar-refractivity contribution in [3.05, 3.63) is 27.4 Å². The van der Waals surface area contributed by atoms with Crippen LogP contribution >= 0.6 is 11.8 Å². The predicted octanol–water partition coefficient (Wildman–Crippen LogP) is 0.941. The normalized spacial score (nSPS) is 24.4. The molecule has 0 aliphatic carbocycles. The van der Waals surface area contributed by atoms with Crippen LogP contribution in [0.15, 0.2) is 4.79 Å². The van der Waals surface area contributed by atoms with Crippen molar-refractivity contribution in [3.63, 3.8) is 0 Å². The lowest BCUT2D eigenvalue weighted by Crippen LogP contribution is -2.17. The third kappa shape index (κ3) is 1.59. The molecule has 15 heavy (non-hydrogen) atoms. The van der Waals surface area contributed by atoms with Crippen molar-refractivity contribution in [2.24, 2.45) is 0 Å². The Balaban J connectivity index is 2.09. The molecule has 2 aliphatic heterocycles. The van der Waals surface area contributed by atoms with Crippen LogP contribution in [0.3, 0.4) is 0 Å². The Bertz CT molecular complexity index is 437. The molecule has 3 heterocycles. The largest absolute Gasteiger partial charge is 0.345 e. The van der Waals surface area contributed by atoms with Gasteiger partial charge in [-0.1, -0.05) is 0 Å². The number of thioether (sulfide) groups is 1. The number of aromatic amines is 1. The van der Waals surface area contributed by atoms with E-state index in [-0.39, 0.29) is 5.69 Å². The third-order valence-electron chi connectivity index (χ3n) is 2.99. The molecule has 1 aromatic heterocycles. The van der Waals surface area contributed by atoms with Gasteiger partial charge in [-0.05, 0) is 18.6 Å². The minimum atomic E-state index is -0.194. The van der Waals surface area contributed by atoms with E-state index < -0.39 is 0 Å². The molecule has 0 spiro atoms. The zero-order chi connectivity index (χ0) is 10.3. The van der Waals surface area contributed by atoms with Crippen molar-refractivity contribution >= 4 is 11.8 Å². The first-order valence-corrected chi connectivity index (χ1v) is 6.34. The summed E-state index contributed by atoms with van der Waals surface area (Å²) in [4.78, 5) is 18.4. The van der Waals surface area contributed by atoms with E-state index in [1.54, 1.807) is 0 Å². The van der Waals surface area contributed by atoms with Crippen LogP contribution in [0.1, 0.15) is 35.0 Å². The van der Waals surface area contributed by atoms with Gasteiger partial charge in [0.2, 0.25) is 0 Å². The van der Waals surface area contributed by atoms with Gasteiger partial charge >= 0.3 is 5.69 Å². The second-order valence-corrected chi connectivity index (χ2v) is 5.30. The average molecular weight is 223 g/mol. The van der Waals surface area contributed by atoms with Gasteiger partial charge in [0.05, 0.1) is 5.69 Å². The second-order valence-electron chi connectivity index (χ2n) is 3.99. The quantitative estimate of drug-likeness (QED) is 0.744. The molecular formula is C10H13N3OS. The van der Waals surface area contributed by atoms with Crippen molar-refractivity contribution in [1.29, 1.82) is 0 Å². The van der Waals surface area contributed by atoms with Gasteiger partial charge in [0.25, 0.3) is 0 Å². The maximum Gasteiger partial charge on any atom is 0.345 e. The molecule has 0 radical (unpaired) electrons. The summed E-state index contributed by atoms with van der Waals surface area (Å²) in [6, 6.07) is 0. The standard InChI is InChI=1S/C10H13N3OS/c14-10-12-7-5-11-4-6(7)9(13-10)8-2-1-3-15-8/h8,11H,1-5H2,(H,12,13,14). The molecule has 80 valence electrons. The molecule has 5 heteroatoms. The minimum Gasteiger partial charge on any atom is -0.308 e. The van der Waals surface area contributed by atoms with Crippen molar-refractivity contribution in [1.82, 2.24) is 15.3 Å². The van der Waals surface area contributed by atoms with Crippen LogP contribution in [0.2, 0.25) is 0 Å². The second kappa shape index (κ2) is 3.64. The molecule has 0 amide bonds. The number of nitrogens with one attached hydrogen (secondary N) is 2. The van der Waals surface area contributed by atoms with Gasteiger partial charge in [-0.3, -0.25) is 0 Å². The van der Waals surface area contributed by atoms with Crippen LogP contribution < -0.4 is 11.0 Å². The van der Waals surface area contributed by atoms with Gasteiger partial charge in [0, 0.05) is 29.6 Å². The zero-order valence-corrected chi connectivity index (χ0v) is 9.19. The smallest absolute Gasteiger partial charge is 0.308 e. The number of H-pyrrole nitrogens is 1. The monoisotopic (exact) mass is 223 g/mol. The van der Waals surface area contributed by atoms with Gasteiger partial charge < -0.3 is 10.3 Å². The minimum absolute atomic E-state index is 0.194. The van der Waals surface area contributed by atoms with E-state index in [0.717, 1.165) is 30.9 Å². The van der Waals surface area contributed by atoms with E-state index in [1.807, 2.05) is 11.8 Å². The first-order valence-electron chi connectivity index (χ1n) is 5.29. The lowest BCUT2D eigenvalue weighted by Gasteiger charge is -2.11. The van der Waals surface area contributed by atoms with Gasteiger partial charge in [0.1, 0.15) is 0 Å². The number of fused-ring (bicyclic) bond motifs is 1. The van der Waals surface area contributed by atoms with Crippen LogP contribution in [0, 0.1) is 0 Å². The Labute approximate surface area is 91.9 Å². The molecule has 0 bridgehead atoms. The van der Waals surface area contributed by atoms with E-state index in [0.29, 0.717) is 5.25 Å². The van der Waals surface area contributed by atoms with Crippen LogP contribution in [0.5, 0.6) is 0 Å². The molecule has 1 atom stereocenters. The van der Waals surface area contributed by atoms with E-state index in [9.17, 15) is 4.79 Å². The summed E-state index contributed by atoms with van der Waals surface area (Å²) in [7, 11) is 0. The van der Waals surface area contributed by atoms with Crippen LogP contribution in [-0.4, -0.2) is 15.7 Å². The Kier molecular flexibility index (Phi) is 2.29. The highest BCUT2D eigenvalue weighted by Crippen LogP contribution is 2.40. The average Bonchev–Trinajstić information content (AvgIpc) is 2.86. The summed E-state index contributed by atoms with van der Waals surface area (Å²) in [6.07, 6.45) is 2.40. The molecule has 4 nitrogen and oxygen atoms in total. The molecule has 3 rings (SSSR count). The molecule has 2 N–H and O–H groups in total. The third-order valence-corrected chi connectivity index (χ3v) is 4.38. The maximum absolute atomic E-state index is 11.4. The molecule has 1 fully saturated rings. The maximum atomic E-state index is 11.4. The summed E-state index contributed by atoms with van der Waals surface area (Å²) in [5.41, 5.74) is 3.10. The fraction of sp³-hybridized carbons (Fsp3) is 0.600. The SMILES string of the molecule is O=c1nc(C2CCCS2)c2c([nH]1)CNC2. The highest BCUT2D eigenvalue weighted by atomic mass is 32.2. The fourth-order valence-corrected chi connectivity index (χ4v) is 3.59. The number of nitrogens with zero attached hydrogens (tertiary/aromatic N) is 1. The fourth-order valence-electron chi connectivity index (χ4n) is 2.28. The molecule has 2 aliphatic rings. The summed E-state index contributed by atoms with van der Waals surface area (Å²) in [5.74, 6) is 1.20. The van der Waals surface area contributed by atoms with Crippen molar-refractivity contribution < 1.29 is 0 Å². The lowest BCUT2D eigenvalue weighted by molar-refractivity contribution is 0.749. The van der Waals surface area contributed by atoms with Crippen molar-refractivity contribution in [2.45, 2.75) is 31.2 Å². The lowest BCUT2D eigenvalue weighted by atomic mass is 10.1. The number of aromatic nitrogens is 2. The Morgan fingerprint density at radius 3 is 3.13 bits per heavy atom. The highest BCUT2D eigenvalue weighted by Gasteiger charge is 2.26. The Morgan fingerprint density at radius 2 is 2.33 bits per heavy atom. The van der Waals surface area contributed by atoms with Crippen LogP contribution in [0.4, 0.5) is 0 Å². The first-order chi connectivity index (χ1) is 7.34. The van der Waals surface area contributed by atoms with Crippen molar-refractivity contribution in [3.8, 4) is 0 Å². The topological polar surface area (TPSA) is 57.8 Å². The molecule has 1 aromatic rings. The zero-order valence-electron chi connectivity index (χ0n) is 8.38. The van der Waals surface area contributed by atoms with E-state index in [4.69, 9.17) is 0 Å². The van der Waals surface area contributed by atoms with E-state index in [1.165, 1.54) is 17.7 Å². The summed E-state index contributed by atoms with van der Waals surface area (Å²) in [5, 5.41) is 3.70. The number of hydrogen-bond acceptors (Lipinski definition) is 4. The van der Waals surface area contributed by atoms with Gasteiger partial charge in [-0.15, -0.1) is 0 Å². The van der Waals surface area contributed by atoms with E-state index in [2.05, 4.69) is 15.3 Å². The molecule has 0 aromatic carbocycles. The molecule has 1 saturated heterocycles. The van der Waals surface area contributed by atoms with Crippen molar-refractivity contribution in [2.75, 3.05) is 5.75 Å². The Morgan fingerprint density at radius 1 is 1.40 bits per heavy atom. The van der Waals surface area contributed by atoms with Gasteiger partial charge in [-0.2, -0.15) is 16.7 Å². The van der Waals surface area contributed by atoms with Gasteiger partial charge in [-0.25, -0.2) is 4.79 Å². The molecule has 1 unspecified atom stereocenters. The molecular weight excluding hydrogens is 210 g/mol. The first kappa shape index (κ1) is 9.42. The number of hydrogen-bond donors (Lipinski definition) is 2. The predicted molar refractivity (Wildman–Crippen MR) is 59.8 cm³/mol. The summed E-state index contributed by atoms with van der Waals surface area (Å²) in [6.45, 7) is 1.63. The summed E-state index contributed by atoms with van der Waals surface area (Å²) >= 11 is 1.93. The highest BCUT2D eigenvalue weighted by molar-refractivity contribution is 7.99. The summed E-state index contributed by atoms with van der Waals surface area (Å²) < 4.78 is 0.